The van der Waals surface area contributed by atoms with Gasteiger partial charge in [-0.05, 0) is 25.7 Å². The predicted octanol–water partition coefficient (Wildman–Crippen LogP) is 0.603. The molecule has 0 saturated carbocycles. The third-order valence-corrected chi connectivity index (χ3v) is 5.15. The summed E-state index contributed by atoms with van der Waals surface area (Å²) in [5.74, 6) is 1.53. The highest BCUT2D eigenvalue weighted by molar-refractivity contribution is 5.73. The smallest absolute Gasteiger partial charge is 0.219 e. The van der Waals surface area contributed by atoms with Gasteiger partial charge in [-0.2, -0.15) is 0 Å². The average Bonchev–Trinajstić information content (AvgIpc) is 3.06. The van der Waals surface area contributed by atoms with Crippen LogP contribution in [0, 0.1) is 5.92 Å². The molecule has 2 aliphatic heterocycles. The molecule has 0 aromatic carbocycles. The number of aromatic amines is 1. The summed E-state index contributed by atoms with van der Waals surface area (Å²) in [6.07, 6.45) is 5.49. The second-order valence-corrected chi connectivity index (χ2v) is 6.60. The molecule has 2 aliphatic rings. The first kappa shape index (κ1) is 14.5. The molecule has 2 fully saturated rings. The fourth-order valence-corrected chi connectivity index (χ4v) is 4.01. The molecule has 1 amide bonds. The molecule has 2 N–H and O–H groups in total. The number of imidazole rings is 1. The Morgan fingerprint density at radius 1 is 1.62 bits per heavy atom. The van der Waals surface area contributed by atoms with E-state index in [2.05, 4.69) is 21.8 Å². The Labute approximate surface area is 125 Å². The van der Waals surface area contributed by atoms with Gasteiger partial charge in [-0.3, -0.25) is 9.69 Å². The zero-order valence-electron chi connectivity index (χ0n) is 12.7. The largest absolute Gasteiger partial charge is 0.394 e. The van der Waals surface area contributed by atoms with Crippen molar-refractivity contribution in [3.8, 4) is 0 Å². The lowest BCUT2D eigenvalue weighted by atomic mass is 9.89. The molecular weight excluding hydrogens is 268 g/mol. The number of aliphatic hydroxyl groups is 1. The van der Waals surface area contributed by atoms with E-state index in [9.17, 15) is 9.90 Å². The Balaban J connectivity index is 1.79. The molecule has 3 rings (SSSR count). The van der Waals surface area contributed by atoms with E-state index in [4.69, 9.17) is 0 Å². The van der Waals surface area contributed by atoms with Crippen molar-refractivity contribution in [2.45, 2.75) is 44.8 Å². The van der Waals surface area contributed by atoms with Crippen LogP contribution in [-0.4, -0.2) is 62.1 Å². The number of piperidine rings is 1. The van der Waals surface area contributed by atoms with Crippen LogP contribution in [0.15, 0.2) is 12.4 Å². The highest BCUT2D eigenvalue weighted by Crippen LogP contribution is 2.42. The van der Waals surface area contributed by atoms with Gasteiger partial charge in [0.2, 0.25) is 5.91 Å². The van der Waals surface area contributed by atoms with Crippen molar-refractivity contribution in [3.05, 3.63) is 18.2 Å². The van der Waals surface area contributed by atoms with Crippen LogP contribution in [0.2, 0.25) is 0 Å². The van der Waals surface area contributed by atoms with Crippen LogP contribution in [0.5, 0.6) is 0 Å². The number of carbonyl (C=O) groups is 1. The topological polar surface area (TPSA) is 72.5 Å². The summed E-state index contributed by atoms with van der Waals surface area (Å²) in [5.41, 5.74) is -0.227. The van der Waals surface area contributed by atoms with Crippen molar-refractivity contribution in [2.24, 2.45) is 5.92 Å². The van der Waals surface area contributed by atoms with E-state index in [1.54, 1.807) is 13.1 Å². The fraction of sp³-hybridized carbons (Fsp3) is 0.733. The SMILES string of the molecule is CC(=O)N1CC[C@H]2[C@H](C1)C[C@](C)(CO)N2Cc1ncc[nH]1. The monoisotopic (exact) mass is 292 g/mol. The minimum absolute atomic E-state index is 0.140. The molecule has 2 saturated heterocycles. The molecule has 116 valence electrons. The van der Waals surface area contributed by atoms with Crippen LogP contribution in [0.3, 0.4) is 0 Å². The highest BCUT2D eigenvalue weighted by Gasteiger charge is 2.50. The van der Waals surface area contributed by atoms with Gasteiger partial charge < -0.3 is 15.0 Å². The van der Waals surface area contributed by atoms with Gasteiger partial charge in [0.25, 0.3) is 0 Å². The predicted molar refractivity (Wildman–Crippen MR) is 78.4 cm³/mol. The number of nitrogens with zero attached hydrogens (tertiary/aromatic N) is 3. The van der Waals surface area contributed by atoms with Crippen molar-refractivity contribution in [3.63, 3.8) is 0 Å². The minimum atomic E-state index is -0.227. The summed E-state index contributed by atoms with van der Waals surface area (Å²) in [6, 6.07) is 0.419. The van der Waals surface area contributed by atoms with Gasteiger partial charge in [-0.25, -0.2) is 4.98 Å². The molecule has 0 bridgehead atoms. The first-order chi connectivity index (χ1) is 10.0. The molecule has 3 atom stereocenters. The second kappa shape index (κ2) is 5.42. The number of fused-ring (bicyclic) bond motifs is 1. The summed E-state index contributed by atoms with van der Waals surface area (Å²) in [4.78, 5) is 23.4. The van der Waals surface area contributed by atoms with E-state index in [0.29, 0.717) is 12.0 Å². The minimum Gasteiger partial charge on any atom is -0.394 e. The first-order valence-electron chi connectivity index (χ1n) is 7.65. The number of hydrogen-bond donors (Lipinski definition) is 2. The molecule has 0 unspecified atom stereocenters. The standard InChI is InChI=1S/C15H24N4O2/c1-11(21)18-6-3-13-12(8-18)7-15(2,10-20)19(13)9-14-16-4-5-17-14/h4-5,12-13,20H,3,6-10H2,1-2H3,(H,16,17)/t12-,13-,15+/m0/s1. The first-order valence-corrected chi connectivity index (χ1v) is 7.65. The van der Waals surface area contributed by atoms with Gasteiger partial charge in [0.1, 0.15) is 5.82 Å². The van der Waals surface area contributed by atoms with Crippen molar-refractivity contribution in [1.82, 2.24) is 19.8 Å². The van der Waals surface area contributed by atoms with Crippen LogP contribution >= 0.6 is 0 Å². The maximum atomic E-state index is 11.6. The number of aliphatic hydroxyl groups excluding tert-OH is 1. The van der Waals surface area contributed by atoms with Crippen LogP contribution in [-0.2, 0) is 11.3 Å². The molecule has 6 nitrogen and oxygen atoms in total. The number of likely N-dealkylation sites (tertiary alicyclic amines) is 2. The number of rotatable bonds is 3. The quantitative estimate of drug-likeness (QED) is 0.856. The third kappa shape index (κ3) is 2.58. The lowest BCUT2D eigenvalue weighted by molar-refractivity contribution is -0.131. The molecule has 1 aromatic rings. The number of amides is 1. The number of nitrogens with one attached hydrogen (secondary N) is 1. The van der Waals surface area contributed by atoms with E-state index in [1.807, 2.05) is 11.1 Å². The van der Waals surface area contributed by atoms with E-state index >= 15 is 0 Å². The normalized spacial score (nSPS) is 33.2. The zero-order valence-corrected chi connectivity index (χ0v) is 12.7. The Bertz CT molecular complexity index is 504. The summed E-state index contributed by atoms with van der Waals surface area (Å²) in [7, 11) is 0. The summed E-state index contributed by atoms with van der Waals surface area (Å²) >= 11 is 0. The lowest BCUT2D eigenvalue weighted by Gasteiger charge is -2.40. The van der Waals surface area contributed by atoms with Gasteiger partial charge in [0, 0.05) is 44.0 Å². The lowest BCUT2D eigenvalue weighted by Crippen LogP contribution is -2.51. The average molecular weight is 292 g/mol. The Kier molecular flexibility index (Phi) is 3.75. The molecule has 0 aliphatic carbocycles. The molecule has 0 spiro atoms. The second-order valence-electron chi connectivity index (χ2n) is 6.60. The van der Waals surface area contributed by atoms with Gasteiger partial charge >= 0.3 is 0 Å². The van der Waals surface area contributed by atoms with E-state index in [1.165, 1.54) is 0 Å². The van der Waals surface area contributed by atoms with E-state index in [0.717, 1.165) is 38.3 Å². The van der Waals surface area contributed by atoms with Crippen LogP contribution in [0.4, 0.5) is 0 Å². The van der Waals surface area contributed by atoms with Crippen LogP contribution < -0.4 is 0 Å². The van der Waals surface area contributed by atoms with E-state index in [-0.39, 0.29) is 18.1 Å². The summed E-state index contributed by atoms with van der Waals surface area (Å²) < 4.78 is 0. The maximum Gasteiger partial charge on any atom is 0.219 e. The number of aromatic nitrogens is 2. The molecule has 0 radical (unpaired) electrons. The fourth-order valence-electron chi connectivity index (χ4n) is 4.01. The molecule has 21 heavy (non-hydrogen) atoms. The highest BCUT2D eigenvalue weighted by atomic mass is 16.3. The van der Waals surface area contributed by atoms with Crippen molar-refractivity contribution >= 4 is 5.91 Å². The Hall–Kier alpha value is -1.40. The van der Waals surface area contributed by atoms with Gasteiger partial charge in [-0.1, -0.05) is 0 Å². The van der Waals surface area contributed by atoms with Crippen molar-refractivity contribution < 1.29 is 9.90 Å². The summed E-state index contributed by atoms with van der Waals surface area (Å²) in [5, 5.41) is 9.89. The Morgan fingerprint density at radius 2 is 2.43 bits per heavy atom. The van der Waals surface area contributed by atoms with Gasteiger partial charge in [0.15, 0.2) is 0 Å². The van der Waals surface area contributed by atoms with Crippen molar-refractivity contribution in [1.29, 1.82) is 0 Å². The molecule has 1 aromatic heterocycles. The summed E-state index contributed by atoms with van der Waals surface area (Å²) in [6.45, 7) is 6.25. The molecule has 6 heteroatoms. The Morgan fingerprint density at radius 3 is 3.05 bits per heavy atom. The zero-order chi connectivity index (χ0) is 15.0. The van der Waals surface area contributed by atoms with Gasteiger partial charge in [0.05, 0.1) is 13.2 Å². The molecule has 3 heterocycles. The van der Waals surface area contributed by atoms with Crippen LogP contribution in [0.1, 0.15) is 32.5 Å². The number of H-pyrrole nitrogens is 1. The third-order valence-electron chi connectivity index (χ3n) is 5.15. The number of carbonyl (C=O) groups excluding carboxylic acids is 1. The van der Waals surface area contributed by atoms with E-state index < -0.39 is 0 Å². The maximum absolute atomic E-state index is 11.6. The number of hydrogen-bond acceptors (Lipinski definition) is 4. The van der Waals surface area contributed by atoms with Gasteiger partial charge in [-0.15, -0.1) is 0 Å². The molecular formula is C15H24N4O2. The van der Waals surface area contributed by atoms with Crippen LogP contribution in [0.25, 0.3) is 0 Å². The van der Waals surface area contributed by atoms with Crippen molar-refractivity contribution in [2.75, 3.05) is 19.7 Å².